The summed E-state index contributed by atoms with van der Waals surface area (Å²) in [4.78, 5) is 0. The van der Waals surface area contributed by atoms with Crippen LogP contribution in [0.25, 0.3) is 0 Å². The van der Waals surface area contributed by atoms with Gasteiger partial charge < -0.3 is 0 Å². The molecule has 0 aromatic heterocycles. The quantitative estimate of drug-likeness (QED) is 0.648. The predicted octanol–water partition coefficient (Wildman–Crippen LogP) is 4.11. The molecule has 0 atom stereocenters. The zero-order valence-corrected chi connectivity index (χ0v) is 10.4. The van der Waals surface area contributed by atoms with E-state index in [1.165, 1.54) is 40.5 Å². The van der Waals surface area contributed by atoms with Crippen LogP contribution < -0.4 is 0 Å². The molecule has 3 aliphatic carbocycles. The minimum atomic E-state index is 1.03. The van der Waals surface area contributed by atoms with Crippen LogP contribution in [0.2, 0.25) is 0 Å². The topological polar surface area (TPSA) is 0 Å². The van der Waals surface area contributed by atoms with Crippen molar-refractivity contribution in [1.82, 2.24) is 0 Å². The normalized spacial score (nSPS) is 23.9. The molecule has 16 heavy (non-hydrogen) atoms. The molecule has 0 aliphatic heterocycles. The molecule has 0 fully saturated rings. The standard InChI is InChI=1S/C15H15.Fe/c1-2-7-12(6-1)14-10-5-11-15(14)13-8-3-4-9-13;/h1,5-6,8,11H,2-4,9-10H2;. The monoisotopic (exact) mass is 251 g/mol. The summed E-state index contributed by atoms with van der Waals surface area (Å²) in [6.45, 7) is 0. The Labute approximate surface area is 105 Å². The molecule has 0 N–H and O–H groups in total. The molecule has 0 unspecified atom stereocenters. The first-order valence-corrected chi connectivity index (χ1v) is 6.55. The molecule has 0 spiro atoms. The van der Waals surface area contributed by atoms with Crippen molar-refractivity contribution in [2.75, 3.05) is 0 Å². The number of hydrogen-bond acceptors (Lipinski definition) is 0. The van der Waals surface area contributed by atoms with Gasteiger partial charge in [-0.1, -0.05) is 0 Å². The van der Waals surface area contributed by atoms with Crippen molar-refractivity contribution in [3.63, 3.8) is 0 Å². The van der Waals surface area contributed by atoms with E-state index in [0.29, 0.717) is 0 Å². The summed E-state index contributed by atoms with van der Waals surface area (Å²) in [5.41, 5.74) is 5.95. The number of rotatable bonds is 2. The van der Waals surface area contributed by atoms with Crippen LogP contribution in [0.1, 0.15) is 32.1 Å². The molecule has 0 bridgehead atoms. The van der Waals surface area contributed by atoms with E-state index in [0.717, 1.165) is 12.8 Å². The molecule has 0 saturated carbocycles. The van der Waals surface area contributed by atoms with Crippen molar-refractivity contribution in [1.29, 1.82) is 0 Å². The van der Waals surface area contributed by atoms with Gasteiger partial charge in [-0.05, 0) is 0 Å². The van der Waals surface area contributed by atoms with Crippen LogP contribution in [0.4, 0.5) is 0 Å². The molecular formula is C15H15Fe. The van der Waals surface area contributed by atoms with Crippen LogP contribution in [0.3, 0.4) is 0 Å². The van der Waals surface area contributed by atoms with E-state index in [4.69, 9.17) is 0 Å². The fourth-order valence-electron chi connectivity index (χ4n) is 2.71. The second-order valence-electron chi connectivity index (χ2n) is 4.53. The fraction of sp³-hybridized carbons (Fsp3) is 0.333. The van der Waals surface area contributed by atoms with E-state index >= 15 is 0 Å². The molecule has 0 saturated heterocycles. The summed E-state index contributed by atoms with van der Waals surface area (Å²) in [5.74, 6) is 0. The third-order valence-corrected chi connectivity index (χ3v) is 4.03. The zero-order chi connectivity index (χ0) is 11.0. The summed E-state index contributed by atoms with van der Waals surface area (Å²) in [5, 5.41) is 0. The van der Waals surface area contributed by atoms with Crippen LogP contribution in [0, 0.1) is 0 Å². The first-order valence-electron chi connectivity index (χ1n) is 5.99. The van der Waals surface area contributed by atoms with Gasteiger partial charge in [0.25, 0.3) is 0 Å². The van der Waals surface area contributed by atoms with E-state index in [2.05, 4.69) is 46.4 Å². The predicted molar refractivity (Wildman–Crippen MR) is 63.5 cm³/mol. The Kier molecular flexibility index (Phi) is 2.75. The second-order valence-corrected chi connectivity index (χ2v) is 5.20. The van der Waals surface area contributed by atoms with E-state index in [9.17, 15) is 0 Å². The maximum atomic E-state index is 4.16. The maximum absolute atomic E-state index is 4.16. The Morgan fingerprint density at radius 1 is 1.00 bits per heavy atom. The molecule has 3 rings (SSSR count). The van der Waals surface area contributed by atoms with Crippen molar-refractivity contribution in [2.24, 2.45) is 0 Å². The van der Waals surface area contributed by atoms with Crippen molar-refractivity contribution < 1.29 is 16.0 Å². The Hall–Kier alpha value is -0.781. The van der Waals surface area contributed by atoms with Gasteiger partial charge in [0.2, 0.25) is 0 Å². The van der Waals surface area contributed by atoms with Crippen LogP contribution in [0.5, 0.6) is 0 Å². The van der Waals surface area contributed by atoms with Gasteiger partial charge in [0.05, 0.1) is 0 Å². The average molecular weight is 251 g/mol. The zero-order valence-electron chi connectivity index (χ0n) is 9.28. The molecule has 3 aliphatic rings. The van der Waals surface area contributed by atoms with Crippen molar-refractivity contribution in [3.8, 4) is 0 Å². The van der Waals surface area contributed by atoms with Gasteiger partial charge in [0.15, 0.2) is 0 Å². The summed E-state index contributed by atoms with van der Waals surface area (Å²) < 4.78 is 1.29. The van der Waals surface area contributed by atoms with Gasteiger partial charge in [-0.15, -0.1) is 0 Å². The summed E-state index contributed by atoms with van der Waals surface area (Å²) >= 11 is 4.16. The van der Waals surface area contributed by atoms with E-state index in [-0.39, 0.29) is 0 Å². The molecular weight excluding hydrogens is 236 g/mol. The Morgan fingerprint density at radius 2 is 1.81 bits per heavy atom. The average Bonchev–Trinajstić information content (AvgIpc) is 2.95. The summed E-state index contributed by atoms with van der Waals surface area (Å²) in [6, 6.07) is 0. The third-order valence-electron chi connectivity index (χ3n) is 3.51. The summed E-state index contributed by atoms with van der Waals surface area (Å²) in [6.07, 6.45) is 17.4. The van der Waals surface area contributed by atoms with Crippen LogP contribution in [-0.2, 0) is 16.0 Å². The van der Waals surface area contributed by atoms with E-state index < -0.39 is 0 Å². The molecule has 0 nitrogen and oxygen atoms in total. The van der Waals surface area contributed by atoms with Gasteiger partial charge in [-0.25, -0.2) is 0 Å². The molecule has 0 aromatic rings. The Bertz CT molecular complexity index is 470. The Balaban J connectivity index is 2.02. The Morgan fingerprint density at radius 3 is 2.50 bits per heavy atom. The van der Waals surface area contributed by atoms with Crippen LogP contribution >= 0.6 is 0 Å². The number of allylic oxidation sites excluding steroid dienone is 10. The third kappa shape index (κ3) is 1.69. The van der Waals surface area contributed by atoms with Gasteiger partial charge in [0, 0.05) is 0 Å². The number of hydrogen-bond donors (Lipinski definition) is 0. The first kappa shape index (κ1) is 10.4. The fourth-order valence-corrected chi connectivity index (χ4v) is 3.10. The van der Waals surface area contributed by atoms with Crippen molar-refractivity contribution in [3.05, 3.63) is 57.1 Å². The van der Waals surface area contributed by atoms with Crippen LogP contribution in [0.15, 0.2) is 57.1 Å². The van der Waals surface area contributed by atoms with Gasteiger partial charge in [0.1, 0.15) is 0 Å². The van der Waals surface area contributed by atoms with Gasteiger partial charge in [-0.2, -0.15) is 0 Å². The summed E-state index contributed by atoms with van der Waals surface area (Å²) in [7, 11) is 0. The minimum absolute atomic E-state index is 1.03. The molecule has 0 aromatic carbocycles. The first-order chi connectivity index (χ1) is 7.86. The van der Waals surface area contributed by atoms with Gasteiger partial charge in [-0.3, -0.25) is 0 Å². The van der Waals surface area contributed by atoms with E-state index in [1.807, 2.05) is 0 Å². The van der Waals surface area contributed by atoms with Crippen molar-refractivity contribution in [2.45, 2.75) is 32.1 Å². The van der Waals surface area contributed by atoms with Crippen LogP contribution in [-0.4, -0.2) is 0 Å². The second kappa shape index (κ2) is 4.24. The molecule has 0 radical (unpaired) electrons. The molecule has 0 heterocycles. The molecule has 83 valence electrons. The van der Waals surface area contributed by atoms with E-state index in [1.54, 1.807) is 5.57 Å². The molecule has 1 heteroatoms. The molecule has 0 amide bonds. The van der Waals surface area contributed by atoms with Crippen molar-refractivity contribution >= 4 is 0 Å². The van der Waals surface area contributed by atoms with Gasteiger partial charge >= 0.3 is 105 Å². The SMILES string of the molecule is [Fe][C]1=C(C2=C(C3=CCCC3)C=CC2)C=CC1.